The number of nitrogens with one attached hydrogen (secondary N) is 2. The third kappa shape index (κ3) is 3.98. The average molecular weight is 410 g/mol. The van der Waals surface area contributed by atoms with Crippen molar-refractivity contribution in [3.8, 4) is 0 Å². The van der Waals surface area contributed by atoms with Gasteiger partial charge in [-0.05, 0) is 43.7 Å². The molecule has 0 spiro atoms. The molecule has 0 unspecified atom stereocenters. The quantitative estimate of drug-likeness (QED) is 0.630. The number of thiazole rings is 1. The summed E-state index contributed by atoms with van der Waals surface area (Å²) < 4.78 is 25.5. The van der Waals surface area contributed by atoms with Crippen molar-refractivity contribution in [2.75, 3.05) is 11.2 Å². The standard InChI is InChI=1S/C17H16ClN3O3S2/c1-10-3-5-12(6-4-10)26(23,24)9-15(22)20-21-17-19-16-11(2)13(18)7-8-14(16)25-17/h3-8H,9H2,1-2H3,(H,19,21)(H,20,22). The lowest BCUT2D eigenvalue weighted by molar-refractivity contribution is -0.118. The van der Waals surface area contributed by atoms with Gasteiger partial charge in [-0.15, -0.1) is 0 Å². The van der Waals surface area contributed by atoms with Crippen molar-refractivity contribution in [2.24, 2.45) is 0 Å². The number of sulfone groups is 1. The second-order valence-electron chi connectivity index (χ2n) is 5.78. The number of fused-ring (bicyclic) bond motifs is 1. The highest BCUT2D eigenvalue weighted by atomic mass is 35.5. The molecule has 0 aliphatic heterocycles. The van der Waals surface area contributed by atoms with Crippen LogP contribution in [0.2, 0.25) is 5.02 Å². The summed E-state index contributed by atoms with van der Waals surface area (Å²) in [6.45, 7) is 3.72. The molecule has 0 bridgehead atoms. The zero-order chi connectivity index (χ0) is 18.9. The predicted molar refractivity (Wildman–Crippen MR) is 104 cm³/mol. The van der Waals surface area contributed by atoms with Crippen LogP contribution < -0.4 is 10.9 Å². The number of hydrogen-bond acceptors (Lipinski definition) is 6. The summed E-state index contributed by atoms with van der Waals surface area (Å²) in [5, 5.41) is 1.06. The van der Waals surface area contributed by atoms with Crippen molar-refractivity contribution >= 4 is 54.0 Å². The van der Waals surface area contributed by atoms with Crippen LogP contribution in [-0.2, 0) is 14.6 Å². The molecule has 26 heavy (non-hydrogen) atoms. The highest BCUT2D eigenvalue weighted by Gasteiger charge is 2.19. The fourth-order valence-electron chi connectivity index (χ4n) is 2.31. The zero-order valence-electron chi connectivity index (χ0n) is 14.0. The molecule has 0 saturated heterocycles. The van der Waals surface area contributed by atoms with Gasteiger partial charge in [0.25, 0.3) is 5.91 Å². The molecule has 136 valence electrons. The van der Waals surface area contributed by atoms with Gasteiger partial charge in [-0.2, -0.15) is 0 Å². The lowest BCUT2D eigenvalue weighted by Gasteiger charge is -2.07. The van der Waals surface area contributed by atoms with E-state index < -0.39 is 21.5 Å². The van der Waals surface area contributed by atoms with E-state index in [2.05, 4.69) is 15.8 Å². The number of carbonyl (C=O) groups excluding carboxylic acids is 1. The summed E-state index contributed by atoms with van der Waals surface area (Å²) in [7, 11) is -3.70. The van der Waals surface area contributed by atoms with Gasteiger partial charge in [0.05, 0.1) is 15.1 Å². The number of benzene rings is 2. The number of hydrogen-bond donors (Lipinski definition) is 2. The monoisotopic (exact) mass is 409 g/mol. The third-order valence-corrected chi connectivity index (χ3v) is 6.74. The molecule has 2 aromatic carbocycles. The van der Waals surface area contributed by atoms with Gasteiger partial charge in [0.2, 0.25) is 5.13 Å². The molecule has 2 N–H and O–H groups in total. The van der Waals surface area contributed by atoms with Crippen LogP contribution >= 0.6 is 22.9 Å². The molecule has 1 aromatic heterocycles. The molecule has 1 amide bonds. The molecule has 9 heteroatoms. The number of nitrogens with zero attached hydrogens (tertiary/aromatic N) is 1. The van der Waals surface area contributed by atoms with E-state index in [0.29, 0.717) is 10.2 Å². The summed E-state index contributed by atoms with van der Waals surface area (Å²) in [6, 6.07) is 10.00. The van der Waals surface area contributed by atoms with E-state index in [1.807, 2.05) is 19.9 Å². The number of aryl methyl sites for hydroxylation is 2. The molecule has 3 aromatic rings. The number of carbonyl (C=O) groups is 1. The van der Waals surface area contributed by atoms with Gasteiger partial charge in [0.1, 0.15) is 5.75 Å². The Balaban J connectivity index is 1.67. The Bertz CT molecular complexity index is 1080. The Morgan fingerprint density at radius 2 is 1.85 bits per heavy atom. The first-order valence-corrected chi connectivity index (χ1v) is 10.5. The van der Waals surface area contributed by atoms with Crippen molar-refractivity contribution in [1.29, 1.82) is 0 Å². The van der Waals surface area contributed by atoms with Gasteiger partial charge in [-0.3, -0.25) is 15.6 Å². The maximum atomic E-state index is 12.3. The smallest absolute Gasteiger partial charge is 0.253 e. The second-order valence-corrected chi connectivity index (χ2v) is 9.21. The van der Waals surface area contributed by atoms with Crippen molar-refractivity contribution in [2.45, 2.75) is 18.7 Å². The van der Waals surface area contributed by atoms with Gasteiger partial charge < -0.3 is 0 Å². The Morgan fingerprint density at radius 1 is 1.15 bits per heavy atom. The van der Waals surface area contributed by atoms with E-state index in [-0.39, 0.29) is 4.90 Å². The number of anilines is 1. The molecule has 0 saturated carbocycles. The van der Waals surface area contributed by atoms with Crippen LogP contribution in [0, 0.1) is 13.8 Å². The van der Waals surface area contributed by atoms with Crippen LogP contribution in [-0.4, -0.2) is 25.1 Å². The van der Waals surface area contributed by atoms with E-state index >= 15 is 0 Å². The maximum Gasteiger partial charge on any atom is 0.253 e. The molecule has 0 fully saturated rings. The summed E-state index contributed by atoms with van der Waals surface area (Å²) in [4.78, 5) is 16.5. The lowest BCUT2D eigenvalue weighted by Crippen LogP contribution is -2.34. The lowest BCUT2D eigenvalue weighted by atomic mass is 10.2. The molecule has 1 heterocycles. The minimum absolute atomic E-state index is 0.114. The predicted octanol–water partition coefficient (Wildman–Crippen LogP) is 3.48. The van der Waals surface area contributed by atoms with E-state index in [1.54, 1.807) is 18.2 Å². The SMILES string of the molecule is Cc1ccc(S(=O)(=O)CC(=O)NNc2nc3c(C)c(Cl)ccc3s2)cc1. The van der Waals surface area contributed by atoms with Gasteiger partial charge >= 0.3 is 0 Å². The van der Waals surface area contributed by atoms with Crippen LogP contribution in [0.4, 0.5) is 5.13 Å². The number of hydrazine groups is 1. The largest absolute Gasteiger partial charge is 0.273 e. The zero-order valence-corrected chi connectivity index (χ0v) is 16.4. The highest BCUT2D eigenvalue weighted by molar-refractivity contribution is 7.92. The Labute approximate surface area is 160 Å². The van der Waals surface area contributed by atoms with Gasteiger partial charge in [0.15, 0.2) is 9.84 Å². The van der Waals surface area contributed by atoms with Crippen LogP contribution in [0.5, 0.6) is 0 Å². The van der Waals surface area contributed by atoms with Crippen LogP contribution in [0.3, 0.4) is 0 Å². The van der Waals surface area contributed by atoms with Crippen LogP contribution in [0.15, 0.2) is 41.3 Å². The fourth-order valence-corrected chi connectivity index (χ4v) is 4.48. The van der Waals surface area contributed by atoms with Gasteiger partial charge in [-0.25, -0.2) is 13.4 Å². The van der Waals surface area contributed by atoms with Crippen molar-refractivity contribution < 1.29 is 13.2 Å². The highest BCUT2D eigenvalue weighted by Crippen LogP contribution is 2.31. The Morgan fingerprint density at radius 3 is 2.54 bits per heavy atom. The summed E-state index contributed by atoms with van der Waals surface area (Å²) >= 11 is 7.41. The summed E-state index contributed by atoms with van der Waals surface area (Å²) in [5.41, 5.74) is 7.58. The Kier molecular flexibility index (Phi) is 5.17. The first kappa shape index (κ1) is 18.6. The Hall–Kier alpha value is -2.16. The third-order valence-electron chi connectivity index (χ3n) is 3.76. The number of halogens is 1. The van der Waals surface area contributed by atoms with Gasteiger partial charge in [0, 0.05) is 5.02 Å². The first-order chi connectivity index (χ1) is 12.3. The molecular formula is C17H16ClN3O3S2. The maximum absolute atomic E-state index is 12.3. The van der Waals surface area contributed by atoms with E-state index in [1.165, 1.54) is 23.5 Å². The minimum atomic E-state index is -3.70. The van der Waals surface area contributed by atoms with Gasteiger partial charge in [-0.1, -0.05) is 40.6 Å². The minimum Gasteiger partial charge on any atom is -0.273 e. The van der Waals surface area contributed by atoms with Crippen molar-refractivity contribution in [3.63, 3.8) is 0 Å². The summed E-state index contributed by atoms with van der Waals surface area (Å²) in [5.74, 6) is -1.32. The molecule has 3 rings (SSSR count). The number of amides is 1. The normalized spacial score (nSPS) is 11.5. The molecule has 0 radical (unpaired) electrons. The molecule has 0 aliphatic rings. The van der Waals surface area contributed by atoms with E-state index in [9.17, 15) is 13.2 Å². The molecule has 6 nitrogen and oxygen atoms in total. The molecule has 0 aliphatic carbocycles. The fraction of sp³-hybridized carbons (Fsp3) is 0.176. The van der Waals surface area contributed by atoms with Crippen LogP contribution in [0.25, 0.3) is 10.2 Å². The first-order valence-electron chi connectivity index (χ1n) is 7.66. The number of rotatable bonds is 5. The topological polar surface area (TPSA) is 88.2 Å². The second kappa shape index (κ2) is 7.22. The van der Waals surface area contributed by atoms with Crippen LogP contribution in [0.1, 0.15) is 11.1 Å². The molecule has 0 atom stereocenters. The molecular weight excluding hydrogens is 394 g/mol. The van der Waals surface area contributed by atoms with E-state index in [4.69, 9.17) is 11.6 Å². The van der Waals surface area contributed by atoms with Crippen molar-refractivity contribution in [1.82, 2.24) is 10.4 Å². The average Bonchev–Trinajstić information content (AvgIpc) is 3.00. The van der Waals surface area contributed by atoms with Crippen molar-refractivity contribution in [3.05, 3.63) is 52.5 Å². The van der Waals surface area contributed by atoms with E-state index in [0.717, 1.165) is 21.3 Å². The summed E-state index contributed by atoms with van der Waals surface area (Å²) in [6.07, 6.45) is 0. The number of aromatic nitrogens is 1.